The molecular formula is C19H24N2O. The molecule has 22 heavy (non-hydrogen) atoms. The van der Waals surface area contributed by atoms with Gasteiger partial charge in [-0.1, -0.05) is 12.5 Å². The summed E-state index contributed by atoms with van der Waals surface area (Å²) in [5.41, 5.74) is 1.02. The summed E-state index contributed by atoms with van der Waals surface area (Å²) >= 11 is 0. The van der Waals surface area contributed by atoms with Gasteiger partial charge in [-0.05, 0) is 63.0 Å². The van der Waals surface area contributed by atoms with Crippen molar-refractivity contribution in [2.24, 2.45) is 5.92 Å². The minimum atomic E-state index is 0.681. The van der Waals surface area contributed by atoms with Gasteiger partial charge >= 0.3 is 0 Å². The second-order valence-electron chi connectivity index (χ2n) is 6.64. The molecule has 0 spiro atoms. The molecule has 2 unspecified atom stereocenters. The first-order valence-electron chi connectivity index (χ1n) is 8.62. The van der Waals surface area contributed by atoms with Crippen LogP contribution in [0.1, 0.15) is 32.1 Å². The van der Waals surface area contributed by atoms with Crippen molar-refractivity contribution >= 4 is 10.9 Å². The van der Waals surface area contributed by atoms with Gasteiger partial charge in [-0.15, -0.1) is 0 Å². The number of fused-ring (bicyclic) bond motifs is 2. The minimum absolute atomic E-state index is 0.681. The van der Waals surface area contributed by atoms with Crippen LogP contribution in [-0.4, -0.2) is 35.6 Å². The predicted molar refractivity (Wildman–Crippen MR) is 89.2 cm³/mol. The summed E-state index contributed by atoms with van der Waals surface area (Å²) in [5.74, 6) is 1.67. The maximum atomic E-state index is 6.24. The quantitative estimate of drug-likeness (QED) is 0.859. The van der Waals surface area contributed by atoms with Crippen LogP contribution in [0.4, 0.5) is 0 Å². The standard InChI is InChI=1S/C19H24N2O/c1-2-12-21-13-5-6-15(18(21)9-1)14-22-19-10-3-8-17-16(19)7-4-11-20-17/h3-4,7-8,10-11,15,18H,1-2,5-6,9,12-14H2. The van der Waals surface area contributed by atoms with Crippen LogP contribution in [-0.2, 0) is 0 Å². The Labute approximate surface area is 132 Å². The number of benzene rings is 1. The molecule has 1 aromatic heterocycles. The molecule has 0 bridgehead atoms. The minimum Gasteiger partial charge on any atom is -0.493 e. The lowest BCUT2D eigenvalue weighted by molar-refractivity contribution is 0.0369. The highest BCUT2D eigenvalue weighted by Gasteiger charge is 2.33. The Kier molecular flexibility index (Phi) is 3.98. The van der Waals surface area contributed by atoms with E-state index in [0.29, 0.717) is 5.92 Å². The summed E-state index contributed by atoms with van der Waals surface area (Å²) in [4.78, 5) is 7.11. The van der Waals surface area contributed by atoms with Crippen LogP contribution in [0.2, 0.25) is 0 Å². The van der Waals surface area contributed by atoms with Crippen molar-refractivity contribution < 1.29 is 4.74 Å². The first-order chi connectivity index (χ1) is 10.9. The molecule has 2 aromatic rings. The number of hydrogen-bond donors (Lipinski definition) is 0. The predicted octanol–water partition coefficient (Wildman–Crippen LogP) is 3.88. The lowest BCUT2D eigenvalue weighted by Gasteiger charge is -2.44. The molecule has 1 aromatic carbocycles. The van der Waals surface area contributed by atoms with E-state index in [4.69, 9.17) is 4.74 Å². The number of piperidine rings is 2. The molecule has 0 radical (unpaired) electrons. The summed E-state index contributed by atoms with van der Waals surface area (Å²) < 4.78 is 6.24. The van der Waals surface area contributed by atoms with Crippen LogP contribution in [0.25, 0.3) is 10.9 Å². The molecule has 2 atom stereocenters. The van der Waals surface area contributed by atoms with Crippen molar-refractivity contribution in [3.63, 3.8) is 0 Å². The maximum Gasteiger partial charge on any atom is 0.128 e. The molecule has 2 saturated heterocycles. The van der Waals surface area contributed by atoms with Crippen LogP contribution in [0, 0.1) is 5.92 Å². The van der Waals surface area contributed by atoms with Gasteiger partial charge < -0.3 is 4.74 Å². The molecule has 4 rings (SSSR count). The molecule has 0 saturated carbocycles. The van der Waals surface area contributed by atoms with Crippen LogP contribution in [0.3, 0.4) is 0 Å². The maximum absolute atomic E-state index is 6.24. The SMILES string of the molecule is c1cc(OCC2CCCN3CCCCC23)c2cccnc2c1. The van der Waals surface area contributed by atoms with Crippen LogP contribution in [0.5, 0.6) is 5.75 Å². The number of rotatable bonds is 3. The zero-order chi connectivity index (χ0) is 14.8. The first-order valence-corrected chi connectivity index (χ1v) is 8.62. The van der Waals surface area contributed by atoms with Crippen molar-refractivity contribution in [1.29, 1.82) is 0 Å². The summed E-state index contributed by atoms with van der Waals surface area (Å²) in [6.45, 7) is 3.42. The van der Waals surface area contributed by atoms with E-state index in [1.807, 2.05) is 24.4 Å². The Morgan fingerprint density at radius 1 is 1.05 bits per heavy atom. The largest absolute Gasteiger partial charge is 0.493 e. The van der Waals surface area contributed by atoms with E-state index in [9.17, 15) is 0 Å². The highest BCUT2D eigenvalue weighted by molar-refractivity contribution is 5.84. The molecule has 0 amide bonds. The van der Waals surface area contributed by atoms with Crippen molar-refractivity contribution in [2.45, 2.75) is 38.1 Å². The highest BCUT2D eigenvalue weighted by Crippen LogP contribution is 2.32. The summed E-state index contributed by atoms with van der Waals surface area (Å²) in [6, 6.07) is 11.0. The average molecular weight is 296 g/mol. The number of ether oxygens (including phenoxy) is 1. The summed E-state index contributed by atoms with van der Waals surface area (Å²) in [6.07, 6.45) is 8.58. The fourth-order valence-corrected chi connectivity index (χ4v) is 4.17. The van der Waals surface area contributed by atoms with Crippen molar-refractivity contribution in [3.05, 3.63) is 36.5 Å². The van der Waals surface area contributed by atoms with Gasteiger partial charge in [-0.25, -0.2) is 0 Å². The molecule has 116 valence electrons. The smallest absolute Gasteiger partial charge is 0.128 e. The highest BCUT2D eigenvalue weighted by atomic mass is 16.5. The second kappa shape index (κ2) is 6.25. The third kappa shape index (κ3) is 2.70. The van der Waals surface area contributed by atoms with Crippen molar-refractivity contribution in [2.75, 3.05) is 19.7 Å². The third-order valence-electron chi connectivity index (χ3n) is 5.29. The average Bonchev–Trinajstić information content (AvgIpc) is 2.60. The van der Waals surface area contributed by atoms with E-state index in [1.165, 1.54) is 45.2 Å². The molecule has 2 aliphatic rings. The van der Waals surface area contributed by atoms with E-state index in [0.717, 1.165) is 29.3 Å². The molecule has 3 heterocycles. The van der Waals surface area contributed by atoms with Crippen molar-refractivity contribution in [3.8, 4) is 5.75 Å². The second-order valence-corrected chi connectivity index (χ2v) is 6.64. The molecular weight excluding hydrogens is 272 g/mol. The van der Waals surface area contributed by atoms with E-state index in [1.54, 1.807) is 0 Å². The summed E-state index contributed by atoms with van der Waals surface area (Å²) in [7, 11) is 0. The molecule has 2 aliphatic heterocycles. The zero-order valence-corrected chi connectivity index (χ0v) is 13.1. The fraction of sp³-hybridized carbons (Fsp3) is 0.526. The topological polar surface area (TPSA) is 25.4 Å². The monoisotopic (exact) mass is 296 g/mol. The van der Waals surface area contributed by atoms with Gasteiger partial charge in [-0.3, -0.25) is 9.88 Å². The number of aromatic nitrogens is 1. The van der Waals surface area contributed by atoms with Gasteiger partial charge in [0.05, 0.1) is 12.1 Å². The lowest BCUT2D eigenvalue weighted by atomic mass is 9.84. The number of nitrogens with zero attached hydrogens (tertiary/aromatic N) is 2. The van der Waals surface area contributed by atoms with E-state index in [2.05, 4.69) is 22.0 Å². The van der Waals surface area contributed by atoms with E-state index >= 15 is 0 Å². The van der Waals surface area contributed by atoms with Gasteiger partial charge in [-0.2, -0.15) is 0 Å². The Morgan fingerprint density at radius 2 is 2.00 bits per heavy atom. The Hall–Kier alpha value is -1.61. The first kappa shape index (κ1) is 14.0. The van der Waals surface area contributed by atoms with Crippen molar-refractivity contribution in [1.82, 2.24) is 9.88 Å². The molecule has 3 nitrogen and oxygen atoms in total. The number of hydrogen-bond acceptors (Lipinski definition) is 3. The third-order valence-corrected chi connectivity index (χ3v) is 5.29. The Morgan fingerprint density at radius 3 is 3.00 bits per heavy atom. The normalized spacial score (nSPS) is 25.8. The molecule has 2 fully saturated rings. The van der Waals surface area contributed by atoms with Crippen LogP contribution < -0.4 is 4.74 Å². The van der Waals surface area contributed by atoms with Gasteiger partial charge in [0.1, 0.15) is 5.75 Å². The number of pyridine rings is 1. The molecule has 0 aliphatic carbocycles. The molecule has 3 heteroatoms. The Bertz CT molecular complexity index is 635. The Balaban J connectivity index is 1.49. The van der Waals surface area contributed by atoms with Gasteiger partial charge in [0.15, 0.2) is 0 Å². The van der Waals surface area contributed by atoms with Crippen LogP contribution in [0.15, 0.2) is 36.5 Å². The van der Waals surface area contributed by atoms with Crippen LogP contribution >= 0.6 is 0 Å². The van der Waals surface area contributed by atoms with E-state index in [-0.39, 0.29) is 0 Å². The van der Waals surface area contributed by atoms with Gasteiger partial charge in [0.25, 0.3) is 0 Å². The summed E-state index contributed by atoms with van der Waals surface area (Å²) in [5, 5.41) is 1.13. The molecule has 0 N–H and O–H groups in total. The van der Waals surface area contributed by atoms with Gasteiger partial charge in [0.2, 0.25) is 0 Å². The fourth-order valence-electron chi connectivity index (χ4n) is 4.17. The lowest BCUT2D eigenvalue weighted by Crippen LogP contribution is -2.49. The van der Waals surface area contributed by atoms with Gasteiger partial charge in [0, 0.05) is 23.5 Å². The zero-order valence-electron chi connectivity index (χ0n) is 13.1. The van der Waals surface area contributed by atoms with E-state index < -0.39 is 0 Å².